The number of carbonyl (C=O) groups is 3. The predicted molar refractivity (Wildman–Crippen MR) is 97.6 cm³/mol. The first kappa shape index (κ1) is 23.7. The first-order valence-corrected chi connectivity index (χ1v) is 8.14. The van der Waals surface area contributed by atoms with E-state index in [1.165, 1.54) is 12.1 Å². The smallest absolute Gasteiger partial charge is 0.335 e. The molecule has 2 aromatic carbocycles. The average molecular weight is 408 g/mol. The molecule has 0 spiro atoms. The molecule has 0 aromatic heterocycles. The number of carboxylic acids is 2. The van der Waals surface area contributed by atoms with Crippen molar-refractivity contribution in [3.8, 4) is 11.5 Å². The second-order valence-electron chi connectivity index (χ2n) is 5.64. The van der Waals surface area contributed by atoms with Crippen molar-refractivity contribution >= 4 is 18.2 Å². The molecular formula is C19H20O10. The van der Waals surface area contributed by atoms with Crippen LogP contribution in [0.4, 0.5) is 0 Å². The minimum absolute atomic E-state index is 0.0809. The van der Waals surface area contributed by atoms with Gasteiger partial charge in [0.2, 0.25) is 0 Å². The van der Waals surface area contributed by atoms with Crippen LogP contribution in [0, 0.1) is 0 Å². The molecule has 0 saturated heterocycles. The number of aliphatic hydroxyl groups excluding tert-OH is 4. The quantitative estimate of drug-likeness (QED) is 0.322. The molecule has 0 fully saturated rings. The maximum Gasteiger partial charge on any atom is 0.335 e. The van der Waals surface area contributed by atoms with Crippen LogP contribution in [0.5, 0.6) is 11.5 Å². The van der Waals surface area contributed by atoms with Crippen molar-refractivity contribution in [1.29, 1.82) is 0 Å². The molecule has 0 aliphatic carbocycles. The van der Waals surface area contributed by atoms with E-state index in [1.54, 1.807) is 12.1 Å². The molecule has 4 unspecified atom stereocenters. The van der Waals surface area contributed by atoms with Crippen LogP contribution >= 0.6 is 0 Å². The van der Waals surface area contributed by atoms with Crippen molar-refractivity contribution in [3.63, 3.8) is 0 Å². The van der Waals surface area contributed by atoms with Crippen LogP contribution in [0.15, 0.2) is 54.6 Å². The van der Waals surface area contributed by atoms with Crippen LogP contribution < -0.4 is 4.74 Å². The predicted octanol–water partition coefficient (Wildman–Crippen LogP) is -0.109. The summed E-state index contributed by atoms with van der Waals surface area (Å²) in [6.07, 6.45) is -8.39. The highest BCUT2D eigenvalue weighted by Crippen LogP contribution is 2.21. The van der Waals surface area contributed by atoms with Gasteiger partial charge in [0.25, 0.3) is 0 Å². The Labute approximate surface area is 164 Å². The molecule has 0 aliphatic rings. The molecule has 0 saturated carbocycles. The number of para-hydroxylation sites is 1. The van der Waals surface area contributed by atoms with Gasteiger partial charge in [0.15, 0.2) is 12.4 Å². The highest BCUT2D eigenvalue weighted by atomic mass is 16.5. The van der Waals surface area contributed by atoms with Gasteiger partial charge < -0.3 is 40.2 Å². The number of benzene rings is 2. The number of aromatic carboxylic acids is 1. The summed E-state index contributed by atoms with van der Waals surface area (Å²) in [6, 6.07) is 15.6. The summed E-state index contributed by atoms with van der Waals surface area (Å²) in [6.45, 7) is 0. The van der Waals surface area contributed by atoms with Gasteiger partial charge in [-0.3, -0.25) is 0 Å². The van der Waals surface area contributed by atoms with Crippen LogP contribution in [0.25, 0.3) is 0 Å². The van der Waals surface area contributed by atoms with E-state index >= 15 is 0 Å². The fraction of sp³-hybridized carbons (Fsp3) is 0.211. The van der Waals surface area contributed by atoms with Gasteiger partial charge in [-0.05, 0) is 30.3 Å². The van der Waals surface area contributed by atoms with E-state index in [2.05, 4.69) is 0 Å². The third-order valence-electron chi connectivity index (χ3n) is 3.48. The van der Waals surface area contributed by atoms with E-state index in [-0.39, 0.29) is 11.8 Å². The second-order valence-corrected chi connectivity index (χ2v) is 5.64. The zero-order chi connectivity index (χ0) is 22.0. The molecule has 4 atom stereocenters. The van der Waals surface area contributed by atoms with E-state index in [4.69, 9.17) is 35.4 Å². The molecule has 6 N–H and O–H groups in total. The molecule has 29 heavy (non-hydrogen) atoms. The summed E-state index contributed by atoms with van der Waals surface area (Å²) in [5.74, 6) is -1.51. The largest absolute Gasteiger partial charge is 0.479 e. The lowest BCUT2D eigenvalue weighted by atomic mass is 10.0. The van der Waals surface area contributed by atoms with E-state index < -0.39 is 36.4 Å². The Morgan fingerprint density at radius 3 is 1.93 bits per heavy atom. The number of ether oxygens (including phenoxy) is 1. The molecule has 156 valence electrons. The zero-order valence-corrected chi connectivity index (χ0v) is 14.9. The molecule has 0 aliphatic heterocycles. The number of rotatable bonds is 8. The Kier molecular flexibility index (Phi) is 9.42. The SMILES string of the molecule is O=C(O)c1cccc(Oc2ccccc2)c1.O=CC(O)C(O)C(O)C(O)C(=O)O. The number of carboxylic acid groups (broad SMARTS) is 2. The minimum Gasteiger partial charge on any atom is -0.479 e. The van der Waals surface area contributed by atoms with Crippen molar-refractivity contribution in [3.05, 3.63) is 60.2 Å². The Morgan fingerprint density at radius 1 is 0.828 bits per heavy atom. The first-order chi connectivity index (χ1) is 13.7. The van der Waals surface area contributed by atoms with Gasteiger partial charge in [-0.1, -0.05) is 24.3 Å². The Bertz CT molecular complexity index is 808. The molecule has 2 aromatic rings. The number of hydrogen-bond acceptors (Lipinski definition) is 8. The summed E-state index contributed by atoms with van der Waals surface area (Å²) >= 11 is 0. The third-order valence-corrected chi connectivity index (χ3v) is 3.48. The lowest BCUT2D eigenvalue weighted by Crippen LogP contribution is -2.48. The molecule has 0 bridgehead atoms. The van der Waals surface area contributed by atoms with Crippen LogP contribution in [-0.2, 0) is 9.59 Å². The molecule has 0 heterocycles. The highest BCUT2D eigenvalue weighted by molar-refractivity contribution is 5.88. The van der Waals surface area contributed by atoms with Gasteiger partial charge >= 0.3 is 11.9 Å². The van der Waals surface area contributed by atoms with Gasteiger partial charge in [0.1, 0.15) is 29.8 Å². The van der Waals surface area contributed by atoms with Crippen LogP contribution in [0.1, 0.15) is 10.4 Å². The standard InChI is InChI=1S/C13H10O3.C6H10O7/c14-13(15)10-5-4-8-12(9-10)16-11-6-2-1-3-7-11;7-1-2(8)3(9)4(10)5(11)6(12)13/h1-9H,(H,14,15);1-5,8-11H,(H,12,13). The topological polar surface area (TPSA) is 182 Å². The second kappa shape index (κ2) is 11.5. The number of aliphatic hydroxyl groups is 4. The third kappa shape index (κ3) is 7.68. The van der Waals surface area contributed by atoms with E-state index in [0.717, 1.165) is 0 Å². The van der Waals surface area contributed by atoms with Crippen molar-refractivity contribution in [1.82, 2.24) is 0 Å². The van der Waals surface area contributed by atoms with Crippen LogP contribution in [0.3, 0.4) is 0 Å². The van der Waals surface area contributed by atoms with Gasteiger partial charge in [0, 0.05) is 0 Å². The number of carbonyl (C=O) groups excluding carboxylic acids is 1. The normalized spacial score (nSPS) is 14.3. The molecule has 10 heteroatoms. The van der Waals surface area contributed by atoms with E-state index in [9.17, 15) is 14.4 Å². The number of aldehydes is 1. The molecule has 0 radical (unpaired) electrons. The maximum atomic E-state index is 10.8. The Hall–Kier alpha value is -3.31. The summed E-state index contributed by atoms with van der Waals surface area (Å²) in [4.78, 5) is 30.7. The lowest BCUT2D eigenvalue weighted by molar-refractivity contribution is -0.163. The summed E-state index contributed by atoms with van der Waals surface area (Å²) in [7, 11) is 0. The maximum absolute atomic E-state index is 10.8. The van der Waals surface area contributed by atoms with Crippen molar-refractivity contribution < 1.29 is 49.8 Å². The van der Waals surface area contributed by atoms with Crippen molar-refractivity contribution in [2.75, 3.05) is 0 Å². The van der Waals surface area contributed by atoms with Crippen LogP contribution in [0.2, 0.25) is 0 Å². The number of hydrogen-bond donors (Lipinski definition) is 6. The van der Waals surface area contributed by atoms with Crippen molar-refractivity contribution in [2.45, 2.75) is 24.4 Å². The summed E-state index contributed by atoms with van der Waals surface area (Å²) in [5.41, 5.74) is 0.216. The highest BCUT2D eigenvalue weighted by Gasteiger charge is 2.34. The molecule has 0 amide bonds. The molecular weight excluding hydrogens is 388 g/mol. The van der Waals surface area contributed by atoms with Crippen molar-refractivity contribution in [2.24, 2.45) is 0 Å². The minimum atomic E-state index is -2.25. The van der Waals surface area contributed by atoms with Gasteiger partial charge in [-0.15, -0.1) is 0 Å². The fourth-order valence-electron chi connectivity index (χ4n) is 1.93. The lowest BCUT2D eigenvalue weighted by Gasteiger charge is -2.21. The zero-order valence-electron chi connectivity index (χ0n) is 14.9. The van der Waals surface area contributed by atoms with Gasteiger partial charge in [0.05, 0.1) is 5.56 Å². The summed E-state index contributed by atoms with van der Waals surface area (Å²) < 4.78 is 5.51. The van der Waals surface area contributed by atoms with Gasteiger partial charge in [-0.25, -0.2) is 9.59 Å². The van der Waals surface area contributed by atoms with E-state index in [1.807, 2.05) is 30.3 Å². The Morgan fingerprint density at radius 2 is 1.41 bits per heavy atom. The fourth-order valence-corrected chi connectivity index (χ4v) is 1.93. The molecule has 2 rings (SSSR count). The van der Waals surface area contributed by atoms with Gasteiger partial charge in [-0.2, -0.15) is 0 Å². The summed E-state index contributed by atoms with van der Waals surface area (Å²) in [5, 5.41) is 52.0. The monoisotopic (exact) mass is 408 g/mol. The average Bonchev–Trinajstić information content (AvgIpc) is 2.72. The molecule has 10 nitrogen and oxygen atoms in total. The number of aliphatic carboxylic acids is 1. The Balaban J connectivity index is 0.000000298. The van der Waals surface area contributed by atoms with Crippen LogP contribution in [-0.4, -0.2) is 73.3 Å². The van der Waals surface area contributed by atoms with E-state index in [0.29, 0.717) is 11.5 Å². The first-order valence-electron chi connectivity index (χ1n) is 8.14.